The van der Waals surface area contributed by atoms with Crippen LogP contribution in [0, 0.1) is 5.41 Å². The van der Waals surface area contributed by atoms with Crippen LogP contribution in [0.15, 0.2) is 0 Å². The van der Waals surface area contributed by atoms with Crippen molar-refractivity contribution in [2.24, 2.45) is 5.41 Å². The first kappa shape index (κ1) is 18.2. The third kappa shape index (κ3) is 8.34. The van der Waals surface area contributed by atoms with Crippen molar-refractivity contribution in [3.63, 3.8) is 0 Å². The molecular formula is C13H24N2O5. The van der Waals surface area contributed by atoms with Gasteiger partial charge in [-0.25, -0.2) is 9.59 Å². The average molecular weight is 288 g/mol. The van der Waals surface area contributed by atoms with Crippen molar-refractivity contribution < 1.29 is 24.6 Å². The maximum absolute atomic E-state index is 11.8. The fraction of sp³-hybridized carbons (Fsp3) is 0.769. The van der Waals surface area contributed by atoms with E-state index in [1.807, 2.05) is 34.6 Å². The minimum Gasteiger partial charge on any atom is -0.481 e. The molecule has 0 saturated carbocycles. The van der Waals surface area contributed by atoms with Crippen LogP contribution in [-0.2, 0) is 9.59 Å². The summed E-state index contributed by atoms with van der Waals surface area (Å²) < 4.78 is 0. The number of nitrogens with one attached hydrogen (secondary N) is 2. The van der Waals surface area contributed by atoms with Crippen LogP contribution in [0.25, 0.3) is 0 Å². The number of carbonyl (C=O) groups excluding carboxylic acids is 1. The van der Waals surface area contributed by atoms with Crippen LogP contribution in [0.5, 0.6) is 0 Å². The van der Waals surface area contributed by atoms with Gasteiger partial charge in [0.1, 0.15) is 6.04 Å². The average Bonchev–Trinajstić information content (AvgIpc) is 2.09. The van der Waals surface area contributed by atoms with Gasteiger partial charge in [0.2, 0.25) is 0 Å². The maximum atomic E-state index is 11.8. The van der Waals surface area contributed by atoms with E-state index in [1.54, 1.807) is 0 Å². The van der Waals surface area contributed by atoms with Gasteiger partial charge in [-0.1, -0.05) is 20.8 Å². The summed E-state index contributed by atoms with van der Waals surface area (Å²) in [7, 11) is 0. The number of hydrogen-bond acceptors (Lipinski definition) is 3. The Labute approximate surface area is 118 Å². The van der Waals surface area contributed by atoms with E-state index in [0.717, 1.165) is 0 Å². The largest absolute Gasteiger partial charge is 0.481 e. The van der Waals surface area contributed by atoms with Crippen molar-refractivity contribution in [3.8, 4) is 0 Å². The highest BCUT2D eigenvalue weighted by Gasteiger charge is 2.29. The van der Waals surface area contributed by atoms with E-state index in [-0.39, 0.29) is 5.41 Å². The van der Waals surface area contributed by atoms with Crippen LogP contribution >= 0.6 is 0 Å². The smallest absolute Gasteiger partial charge is 0.326 e. The highest BCUT2D eigenvalue weighted by Crippen LogP contribution is 2.26. The first-order chi connectivity index (χ1) is 8.82. The van der Waals surface area contributed by atoms with E-state index in [4.69, 9.17) is 10.2 Å². The number of carbonyl (C=O) groups is 3. The first-order valence-electron chi connectivity index (χ1n) is 6.36. The van der Waals surface area contributed by atoms with Crippen molar-refractivity contribution in [1.82, 2.24) is 10.6 Å². The van der Waals surface area contributed by atoms with Gasteiger partial charge in [0.05, 0.1) is 6.42 Å². The van der Waals surface area contributed by atoms with Gasteiger partial charge in [0.15, 0.2) is 0 Å². The molecule has 0 saturated heterocycles. The van der Waals surface area contributed by atoms with Gasteiger partial charge in [0, 0.05) is 5.54 Å². The highest BCUT2D eigenvalue weighted by molar-refractivity contribution is 5.86. The molecule has 0 fully saturated rings. The molecule has 0 spiro atoms. The molecule has 0 aliphatic heterocycles. The van der Waals surface area contributed by atoms with E-state index < -0.39 is 36.0 Å². The van der Waals surface area contributed by atoms with Gasteiger partial charge in [-0.05, 0) is 25.7 Å². The third-order valence-corrected chi connectivity index (χ3v) is 2.41. The second kappa shape index (κ2) is 6.58. The number of carboxylic acids is 2. The highest BCUT2D eigenvalue weighted by atomic mass is 16.4. The molecule has 0 aromatic heterocycles. The zero-order valence-corrected chi connectivity index (χ0v) is 12.6. The molecule has 0 aliphatic rings. The summed E-state index contributed by atoms with van der Waals surface area (Å²) in [6.45, 7) is 9.73. The monoisotopic (exact) mass is 288 g/mol. The maximum Gasteiger partial charge on any atom is 0.326 e. The van der Waals surface area contributed by atoms with Gasteiger partial charge < -0.3 is 20.8 Å². The number of aliphatic carboxylic acids is 2. The molecule has 0 radical (unpaired) electrons. The normalized spacial score (nSPS) is 13.4. The number of carboxylic acid groups (broad SMARTS) is 2. The lowest BCUT2D eigenvalue weighted by atomic mass is 9.82. The van der Waals surface area contributed by atoms with Crippen molar-refractivity contribution >= 4 is 18.0 Å². The number of amides is 2. The summed E-state index contributed by atoms with van der Waals surface area (Å²) in [6.07, 6.45) is 0.0204. The van der Waals surface area contributed by atoms with Crippen LogP contribution < -0.4 is 10.6 Å². The van der Waals surface area contributed by atoms with Gasteiger partial charge in [0.25, 0.3) is 0 Å². The molecule has 7 heteroatoms. The van der Waals surface area contributed by atoms with E-state index in [0.29, 0.717) is 6.42 Å². The van der Waals surface area contributed by atoms with E-state index in [9.17, 15) is 14.4 Å². The Morgan fingerprint density at radius 2 is 1.55 bits per heavy atom. The molecule has 2 amide bonds. The first-order valence-corrected chi connectivity index (χ1v) is 6.36. The molecule has 4 N–H and O–H groups in total. The van der Waals surface area contributed by atoms with Crippen LogP contribution in [-0.4, -0.2) is 39.8 Å². The second-order valence-electron chi connectivity index (χ2n) is 6.71. The Hall–Kier alpha value is -1.79. The zero-order chi connectivity index (χ0) is 16.1. The minimum atomic E-state index is -1.45. The summed E-state index contributed by atoms with van der Waals surface area (Å²) >= 11 is 0. The van der Waals surface area contributed by atoms with Crippen LogP contribution in [0.4, 0.5) is 4.79 Å². The summed E-state index contributed by atoms with van der Waals surface area (Å²) in [6, 6.07) is -2.13. The van der Waals surface area contributed by atoms with E-state index in [2.05, 4.69) is 10.6 Å². The lowest BCUT2D eigenvalue weighted by Gasteiger charge is -2.33. The van der Waals surface area contributed by atoms with E-state index >= 15 is 0 Å². The predicted molar refractivity (Wildman–Crippen MR) is 73.5 cm³/mol. The molecular weight excluding hydrogens is 264 g/mol. The van der Waals surface area contributed by atoms with Crippen LogP contribution in [0.2, 0.25) is 0 Å². The molecule has 7 nitrogen and oxygen atoms in total. The molecule has 116 valence electrons. The molecule has 20 heavy (non-hydrogen) atoms. The van der Waals surface area contributed by atoms with E-state index in [1.165, 1.54) is 0 Å². The zero-order valence-electron chi connectivity index (χ0n) is 12.6. The summed E-state index contributed by atoms with van der Waals surface area (Å²) in [5.74, 6) is -2.66. The molecule has 0 aromatic carbocycles. The molecule has 0 aliphatic carbocycles. The van der Waals surface area contributed by atoms with Crippen molar-refractivity contribution in [3.05, 3.63) is 0 Å². The molecule has 0 bridgehead atoms. The molecule has 0 unspecified atom stereocenters. The lowest BCUT2D eigenvalue weighted by Crippen LogP contribution is -2.54. The molecule has 0 aromatic rings. The fourth-order valence-corrected chi connectivity index (χ4v) is 2.25. The topological polar surface area (TPSA) is 116 Å². The second-order valence-corrected chi connectivity index (χ2v) is 6.71. The lowest BCUT2D eigenvalue weighted by molar-refractivity contribution is -0.145. The number of urea groups is 1. The molecule has 1 atom stereocenters. The predicted octanol–water partition coefficient (Wildman–Crippen LogP) is 1.43. The number of rotatable bonds is 6. The SMILES string of the molecule is CC(C)(C)CC(C)(C)NC(=O)N[C@@H](CC(=O)O)C(=O)O. The summed E-state index contributed by atoms with van der Waals surface area (Å²) in [5, 5.41) is 22.3. The summed E-state index contributed by atoms with van der Waals surface area (Å²) in [5.41, 5.74) is -0.543. The Bertz CT molecular complexity index is 385. The Balaban J connectivity index is 4.60. The molecule has 0 heterocycles. The van der Waals surface area contributed by atoms with Crippen LogP contribution in [0.3, 0.4) is 0 Å². The van der Waals surface area contributed by atoms with Gasteiger partial charge in [-0.3, -0.25) is 4.79 Å². The standard InChI is InChI=1S/C13H24N2O5/c1-12(2,3)7-13(4,5)15-11(20)14-8(10(18)19)6-9(16)17/h8H,6-7H2,1-5H3,(H,16,17)(H,18,19)(H2,14,15,20)/t8-/m0/s1. The van der Waals surface area contributed by atoms with Gasteiger partial charge in [-0.15, -0.1) is 0 Å². The van der Waals surface area contributed by atoms with Crippen molar-refractivity contribution in [1.29, 1.82) is 0 Å². The fourth-order valence-electron chi connectivity index (χ4n) is 2.25. The summed E-state index contributed by atoms with van der Waals surface area (Å²) in [4.78, 5) is 33.2. The van der Waals surface area contributed by atoms with Crippen LogP contribution in [0.1, 0.15) is 47.5 Å². The number of hydrogen-bond donors (Lipinski definition) is 4. The Morgan fingerprint density at radius 3 is 1.90 bits per heavy atom. The Kier molecular flexibility index (Phi) is 5.99. The quantitative estimate of drug-likeness (QED) is 0.590. The molecule has 0 rings (SSSR count). The Morgan fingerprint density at radius 1 is 1.05 bits per heavy atom. The van der Waals surface area contributed by atoms with Gasteiger partial charge >= 0.3 is 18.0 Å². The van der Waals surface area contributed by atoms with Crippen molar-refractivity contribution in [2.75, 3.05) is 0 Å². The van der Waals surface area contributed by atoms with Gasteiger partial charge in [-0.2, -0.15) is 0 Å². The third-order valence-electron chi connectivity index (χ3n) is 2.41. The van der Waals surface area contributed by atoms with Crippen molar-refractivity contribution in [2.45, 2.75) is 59.0 Å². The minimum absolute atomic E-state index is 0.00988.